The van der Waals surface area contributed by atoms with E-state index in [0.717, 1.165) is 0 Å². The lowest BCUT2D eigenvalue weighted by atomic mass is 10.1. The predicted octanol–water partition coefficient (Wildman–Crippen LogP) is 3.08. The number of rotatable bonds is 5. The van der Waals surface area contributed by atoms with Crippen LogP contribution in [0.2, 0.25) is 0 Å². The van der Waals surface area contributed by atoms with Gasteiger partial charge in [0, 0.05) is 5.56 Å². The van der Waals surface area contributed by atoms with Crippen LogP contribution >= 0.6 is 0 Å². The molecule has 1 nitrogen and oxygen atoms in total. The summed E-state index contributed by atoms with van der Waals surface area (Å²) in [7, 11) is 0. The Morgan fingerprint density at radius 3 is 2.47 bits per heavy atom. The van der Waals surface area contributed by atoms with Crippen molar-refractivity contribution in [2.24, 2.45) is 5.92 Å². The summed E-state index contributed by atoms with van der Waals surface area (Å²) in [5.74, 6) is 0.0715. The average molecular weight is 213 g/mol. The summed E-state index contributed by atoms with van der Waals surface area (Å²) in [6.07, 6.45) is 0. The first-order valence-electron chi connectivity index (χ1n) is 5.19. The third-order valence-corrected chi connectivity index (χ3v) is 2.21. The van der Waals surface area contributed by atoms with Gasteiger partial charge in [0.1, 0.15) is 12.5 Å². The molecule has 0 fully saturated rings. The largest absolute Gasteiger partial charge is 0.307 e. The third kappa shape index (κ3) is 3.59. The highest BCUT2D eigenvalue weighted by Gasteiger charge is 2.14. The Hall–Kier alpha value is -0.960. The quantitative estimate of drug-likeness (QED) is 0.792. The van der Waals surface area contributed by atoms with E-state index < -0.39 is 12.7 Å². The molecule has 1 aromatic carbocycles. The maximum absolute atomic E-state index is 13.3. The van der Waals surface area contributed by atoms with Crippen LogP contribution in [0.1, 0.15) is 25.5 Å². The highest BCUT2D eigenvalue weighted by atomic mass is 19.1. The van der Waals surface area contributed by atoms with E-state index in [1.807, 2.05) is 13.8 Å². The molecule has 3 heteroatoms. The molecule has 1 rings (SSSR count). The number of halogens is 2. The van der Waals surface area contributed by atoms with E-state index >= 15 is 0 Å². The lowest BCUT2D eigenvalue weighted by Crippen LogP contribution is -2.27. The van der Waals surface area contributed by atoms with Crippen LogP contribution in [0.3, 0.4) is 0 Å². The van der Waals surface area contributed by atoms with Crippen molar-refractivity contribution in [3.8, 4) is 0 Å². The number of benzene rings is 1. The minimum Gasteiger partial charge on any atom is -0.307 e. The SMILES string of the molecule is CC(C)CNC(CF)c1ccccc1F. The summed E-state index contributed by atoms with van der Waals surface area (Å²) in [4.78, 5) is 0. The van der Waals surface area contributed by atoms with Crippen molar-refractivity contribution >= 4 is 0 Å². The maximum atomic E-state index is 13.3. The van der Waals surface area contributed by atoms with Crippen molar-refractivity contribution in [3.05, 3.63) is 35.6 Å². The molecule has 1 N–H and O–H groups in total. The molecule has 0 spiro atoms. The molecule has 0 aromatic heterocycles. The van der Waals surface area contributed by atoms with Crippen molar-refractivity contribution in [2.75, 3.05) is 13.2 Å². The summed E-state index contributed by atoms with van der Waals surface area (Å²) in [5.41, 5.74) is 0.403. The standard InChI is InChI=1S/C12H17F2N/c1-9(2)8-15-12(7-13)10-5-3-4-6-11(10)14/h3-6,9,12,15H,7-8H2,1-2H3. The van der Waals surface area contributed by atoms with Crippen molar-refractivity contribution in [3.63, 3.8) is 0 Å². The number of hydrogen-bond donors (Lipinski definition) is 1. The molecule has 0 amide bonds. The Kier molecular flexibility index (Phi) is 4.69. The number of alkyl halides is 1. The molecule has 1 atom stereocenters. The summed E-state index contributed by atoms with van der Waals surface area (Å²) in [6.45, 7) is 4.16. The molecule has 0 heterocycles. The van der Waals surface area contributed by atoms with Crippen LogP contribution in [0.15, 0.2) is 24.3 Å². The monoisotopic (exact) mass is 213 g/mol. The second-order valence-electron chi connectivity index (χ2n) is 4.03. The lowest BCUT2D eigenvalue weighted by molar-refractivity contribution is 0.359. The van der Waals surface area contributed by atoms with Crippen LogP contribution in [0.25, 0.3) is 0 Å². The second-order valence-corrected chi connectivity index (χ2v) is 4.03. The second kappa shape index (κ2) is 5.81. The molecular weight excluding hydrogens is 196 g/mol. The van der Waals surface area contributed by atoms with E-state index in [0.29, 0.717) is 18.0 Å². The third-order valence-electron chi connectivity index (χ3n) is 2.21. The van der Waals surface area contributed by atoms with Gasteiger partial charge in [0.15, 0.2) is 0 Å². The van der Waals surface area contributed by atoms with Gasteiger partial charge in [0.25, 0.3) is 0 Å². The molecule has 15 heavy (non-hydrogen) atoms. The summed E-state index contributed by atoms with van der Waals surface area (Å²) in [6, 6.07) is 5.77. The van der Waals surface area contributed by atoms with Crippen molar-refractivity contribution in [1.29, 1.82) is 0 Å². The van der Waals surface area contributed by atoms with Gasteiger partial charge in [-0.3, -0.25) is 0 Å². The molecular formula is C12H17F2N. The van der Waals surface area contributed by atoms with Gasteiger partial charge < -0.3 is 5.32 Å². The van der Waals surface area contributed by atoms with Crippen LogP contribution in [0, 0.1) is 11.7 Å². The predicted molar refractivity (Wildman–Crippen MR) is 58.0 cm³/mol. The van der Waals surface area contributed by atoms with E-state index in [4.69, 9.17) is 0 Å². The summed E-state index contributed by atoms with van der Waals surface area (Å²) >= 11 is 0. The van der Waals surface area contributed by atoms with Gasteiger partial charge in [0.2, 0.25) is 0 Å². The Balaban J connectivity index is 2.70. The van der Waals surface area contributed by atoms with Gasteiger partial charge in [0.05, 0.1) is 6.04 Å². The number of nitrogens with one attached hydrogen (secondary N) is 1. The fraction of sp³-hybridized carbons (Fsp3) is 0.500. The van der Waals surface area contributed by atoms with Crippen molar-refractivity contribution in [1.82, 2.24) is 5.32 Å². The lowest BCUT2D eigenvalue weighted by Gasteiger charge is -2.17. The Bertz CT molecular complexity index is 299. The highest BCUT2D eigenvalue weighted by Crippen LogP contribution is 2.17. The zero-order valence-electron chi connectivity index (χ0n) is 9.13. The van der Waals surface area contributed by atoms with Crippen LogP contribution in [-0.2, 0) is 0 Å². The maximum Gasteiger partial charge on any atom is 0.128 e. The van der Waals surface area contributed by atoms with E-state index in [1.165, 1.54) is 6.07 Å². The molecule has 0 bridgehead atoms. The van der Waals surface area contributed by atoms with Gasteiger partial charge in [-0.05, 0) is 18.5 Å². The van der Waals surface area contributed by atoms with Crippen LogP contribution in [-0.4, -0.2) is 13.2 Å². The molecule has 0 radical (unpaired) electrons. The van der Waals surface area contributed by atoms with Crippen LogP contribution in [0.4, 0.5) is 8.78 Å². The molecule has 1 unspecified atom stereocenters. The van der Waals surface area contributed by atoms with Gasteiger partial charge >= 0.3 is 0 Å². The fourth-order valence-electron chi connectivity index (χ4n) is 1.38. The topological polar surface area (TPSA) is 12.0 Å². The smallest absolute Gasteiger partial charge is 0.128 e. The molecule has 0 aliphatic rings. The first-order valence-corrected chi connectivity index (χ1v) is 5.19. The molecule has 0 saturated carbocycles. The average Bonchev–Trinajstić information content (AvgIpc) is 2.21. The molecule has 84 valence electrons. The molecule has 0 saturated heterocycles. The molecule has 1 aromatic rings. The van der Waals surface area contributed by atoms with Crippen LogP contribution < -0.4 is 5.32 Å². The van der Waals surface area contributed by atoms with Crippen molar-refractivity contribution < 1.29 is 8.78 Å². The Labute approximate surface area is 89.5 Å². The number of hydrogen-bond acceptors (Lipinski definition) is 1. The fourth-order valence-corrected chi connectivity index (χ4v) is 1.38. The zero-order valence-corrected chi connectivity index (χ0v) is 9.13. The molecule has 0 aliphatic carbocycles. The normalized spacial score (nSPS) is 13.1. The zero-order chi connectivity index (χ0) is 11.3. The van der Waals surface area contributed by atoms with E-state index in [-0.39, 0.29) is 5.82 Å². The van der Waals surface area contributed by atoms with Crippen molar-refractivity contribution in [2.45, 2.75) is 19.9 Å². The Morgan fingerprint density at radius 1 is 1.27 bits per heavy atom. The molecule has 0 aliphatic heterocycles. The van der Waals surface area contributed by atoms with Gasteiger partial charge in [-0.1, -0.05) is 32.0 Å². The minimum atomic E-state index is -0.590. The van der Waals surface area contributed by atoms with E-state index in [2.05, 4.69) is 5.32 Å². The van der Waals surface area contributed by atoms with Gasteiger partial charge in [-0.2, -0.15) is 0 Å². The van der Waals surface area contributed by atoms with Gasteiger partial charge in [-0.25, -0.2) is 8.78 Å². The van der Waals surface area contributed by atoms with Gasteiger partial charge in [-0.15, -0.1) is 0 Å². The van der Waals surface area contributed by atoms with E-state index in [9.17, 15) is 8.78 Å². The highest BCUT2D eigenvalue weighted by molar-refractivity contribution is 5.21. The minimum absolute atomic E-state index is 0.351. The first-order chi connectivity index (χ1) is 7.15. The summed E-state index contributed by atoms with van der Waals surface area (Å²) in [5, 5.41) is 3.01. The first kappa shape index (κ1) is 12.1. The Morgan fingerprint density at radius 2 is 1.93 bits per heavy atom. The summed E-state index contributed by atoms with van der Waals surface area (Å²) < 4.78 is 26.1. The van der Waals surface area contributed by atoms with E-state index in [1.54, 1.807) is 18.2 Å². The van der Waals surface area contributed by atoms with Crippen LogP contribution in [0.5, 0.6) is 0 Å².